The van der Waals surface area contributed by atoms with Crippen LogP contribution in [0.4, 0.5) is 35.3 Å². The normalized spacial score (nSPS) is 18.2. The predicted molar refractivity (Wildman–Crippen MR) is 432 cm³/mol. The van der Waals surface area contributed by atoms with E-state index in [0.717, 1.165) is 134 Å². The van der Waals surface area contributed by atoms with Gasteiger partial charge in [-0.15, -0.1) is 0 Å². The molecule has 0 bridgehead atoms. The lowest BCUT2D eigenvalue weighted by atomic mass is 10.1. The summed E-state index contributed by atoms with van der Waals surface area (Å²) in [6.07, 6.45) is 15.1. The number of carbonyl (C=O) groups is 1. The number of methoxy groups -OCH3 is 3. The molecule has 1 aliphatic carbocycles. The Morgan fingerprint density at radius 2 is 0.661 bits per heavy atom. The van der Waals surface area contributed by atoms with Crippen molar-refractivity contribution in [2.45, 2.75) is 83.5 Å². The molecule has 0 spiro atoms. The van der Waals surface area contributed by atoms with Crippen LogP contribution in [0, 0.1) is 5.92 Å². The van der Waals surface area contributed by atoms with Crippen molar-refractivity contribution in [2.75, 3.05) is 278 Å². The zero-order valence-corrected chi connectivity index (χ0v) is 68.6. The molecule has 0 atom stereocenters. The van der Waals surface area contributed by atoms with E-state index in [4.69, 9.17) is 58.3 Å². The minimum atomic E-state index is -3.44. The number of ether oxygens (including phenoxy) is 6. The first-order chi connectivity index (χ1) is 52.4. The van der Waals surface area contributed by atoms with E-state index in [1.807, 2.05) is 93.4 Å². The molecule has 0 unspecified atom stereocenters. The number of rotatable bonds is 29. The molecule has 6 saturated heterocycles. The molecular formula is C76H120N20O11S2. The molecule has 7 fully saturated rings. The number of likely N-dealkylation sites (tertiary alicyclic amines) is 3. The number of aromatic nitrogens is 6. The lowest BCUT2D eigenvalue weighted by Gasteiger charge is -2.37. The van der Waals surface area contributed by atoms with Crippen molar-refractivity contribution in [3.05, 3.63) is 36.4 Å². The fourth-order valence-electron chi connectivity index (χ4n) is 15.2. The van der Waals surface area contributed by atoms with Crippen LogP contribution >= 0.6 is 0 Å². The highest BCUT2D eigenvalue weighted by atomic mass is 32.2. The highest BCUT2D eigenvalue weighted by molar-refractivity contribution is 7.87. The topological polar surface area (TPSA) is 263 Å². The highest BCUT2D eigenvalue weighted by Crippen LogP contribution is 2.41. The first-order valence-electron chi connectivity index (χ1n) is 39.1. The van der Waals surface area contributed by atoms with Gasteiger partial charge in [-0.3, -0.25) is 4.79 Å². The third-order valence-electron chi connectivity index (χ3n) is 21.5. The van der Waals surface area contributed by atoms with Crippen LogP contribution in [0.5, 0.6) is 34.5 Å². The van der Waals surface area contributed by atoms with Gasteiger partial charge in [-0.1, -0.05) is 12.8 Å². The molecule has 9 heterocycles. The van der Waals surface area contributed by atoms with Gasteiger partial charge in [0, 0.05) is 209 Å². The summed E-state index contributed by atoms with van der Waals surface area (Å²) in [5, 5.41) is 2.65. The number of hydrogen-bond acceptors (Lipinski definition) is 26. The summed E-state index contributed by atoms with van der Waals surface area (Å²) in [7, 11) is 15.9. The molecule has 1 saturated carbocycles. The van der Waals surface area contributed by atoms with Gasteiger partial charge in [-0.25, -0.2) is 15.0 Å². The molecule has 602 valence electrons. The van der Waals surface area contributed by atoms with E-state index in [1.165, 1.54) is 108 Å². The van der Waals surface area contributed by atoms with Gasteiger partial charge in [-0.2, -0.15) is 49.0 Å². The molecule has 0 N–H and O–H groups in total. The van der Waals surface area contributed by atoms with Gasteiger partial charge in [-0.05, 0) is 128 Å². The van der Waals surface area contributed by atoms with E-state index in [0.29, 0.717) is 125 Å². The van der Waals surface area contributed by atoms with Crippen molar-refractivity contribution in [1.82, 2.24) is 66.7 Å². The van der Waals surface area contributed by atoms with E-state index >= 15 is 0 Å². The predicted octanol–water partition coefficient (Wildman–Crippen LogP) is 6.40. The molecule has 7 aliphatic rings. The quantitative estimate of drug-likeness (QED) is 0.0460. The SMILES string of the molecule is COc1cc2c(N3CCN(C(=O)C4CCCC4)CC3)nc(N(C)C)nc2cc1OCCCN1CCCC1.COc1cc2c(N3CCN(S(=O)(=O)N(C)C)CC3)nc(N(C)C)nc2cc1OCCCN1CCCC1.COc1cc2c(N3CCN(S(=O)(=O)N(C)C)CC3)nc(N(C)C)nc2cc1OCCCN1CCCC1. The van der Waals surface area contributed by atoms with Crippen LogP contribution in [0.2, 0.25) is 0 Å². The maximum atomic E-state index is 12.9. The molecule has 13 rings (SSSR count). The summed E-state index contributed by atoms with van der Waals surface area (Å²) in [4.78, 5) is 63.6. The van der Waals surface area contributed by atoms with Crippen LogP contribution in [0.3, 0.4) is 0 Å². The maximum absolute atomic E-state index is 12.9. The largest absolute Gasteiger partial charge is 0.493 e. The second-order valence-corrected chi connectivity index (χ2v) is 34.5. The van der Waals surface area contributed by atoms with Crippen LogP contribution < -0.4 is 57.8 Å². The fraction of sp³-hybridized carbons (Fsp3) is 0.671. The highest BCUT2D eigenvalue weighted by Gasteiger charge is 2.35. The Morgan fingerprint density at radius 3 is 0.927 bits per heavy atom. The molecule has 31 nitrogen and oxygen atoms in total. The van der Waals surface area contributed by atoms with E-state index in [2.05, 4.69) is 34.3 Å². The lowest BCUT2D eigenvalue weighted by Crippen LogP contribution is -2.52. The Bertz CT molecular complexity index is 4030. The summed E-state index contributed by atoms with van der Waals surface area (Å²) in [6.45, 7) is 18.8. The van der Waals surface area contributed by atoms with Gasteiger partial charge in [0.15, 0.2) is 34.5 Å². The maximum Gasteiger partial charge on any atom is 0.281 e. The fourth-order valence-corrected chi connectivity index (χ4v) is 17.4. The van der Waals surface area contributed by atoms with Gasteiger partial charge in [0.2, 0.25) is 23.8 Å². The Hall–Kier alpha value is -7.63. The van der Waals surface area contributed by atoms with Crippen LogP contribution in [0.25, 0.3) is 32.7 Å². The summed E-state index contributed by atoms with van der Waals surface area (Å²) in [5.41, 5.74) is 2.37. The number of nitrogens with zero attached hydrogens (tertiary/aromatic N) is 20. The molecule has 3 aromatic heterocycles. The molecule has 0 radical (unpaired) electrons. The van der Waals surface area contributed by atoms with E-state index < -0.39 is 20.4 Å². The minimum Gasteiger partial charge on any atom is -0.493 e. The number of piperazine rings is 3. The number of fused-ring (bicyclic) bond motifs is 3. The number of benzene rings is 3. The Kier molecular flexibility index (Phi) is 28.7. The Labute approximate surface area is 646 Å². The van der Waals surface area contributed by atoms with Crippen LogP contribution in [-0.2, 0) is 25.2 Å². The Balaban J connectivity index is 0.000000162. The van der Waals surface area contributed by atoms with E-state index in [1.54, 1.807) is 49.5 Å². The third kappa shape index (κ3) is 20.6. The standard InChI is InChI=1S/C28H42N6O3.2C24H39N7O4S/c1-31(2)28-29-23-20-25(37-18-8-13-32-11-6-7-12-32)24(36-3)19-22(23)26(30-28)33-14-16-34(17-15-33)27(35)21-9-4-5-10-21;2*1-27(2)24-25-20-18-22(35-16-8-11-29-9-6-7-10-29)21(34-5)17-19(20)23(26-24)30-12-14-31(15-13-30)36(32,33)28(3)4/h19-21H,4-18H2,1-3H3;2*17-18H,6-16H2,1-5H3. The smallest absolute Gasteiger partial charge is 0.281 e. The second-order valence-electron chi connectivity index (χ2n) is 30.2. The van der Waals surface area contributed by atoms with Crippen molar-refractivity contribution in [3.63, 3.8) is 0 Å². The number of amides is 1. The van der Waals surface area contributed by atoms with Crippen LogP contribution in [0.15, 0.2) is 36.4 Å². The summed E-state index contributed by atoms with van der Waals surface area (Å²) < 4.78 is 91.3. The van der Waals surface area contributed by atoms with Crippen molar-refractivity contribution in [3.8, 4) is 34.5 Å². The van der Waals surface area contributed by atoms with Crippen LogP contribution in [0.1, 0.15) is 83.5 Å². The van der Waals surface area contributed by atoms with Gasteiger partial charge in [0.1, 0.15) is 17.5 Å². The van der Waals surface area contributed by atoms with Crippen molar-refractivity contribution in [1.29, 1.82) is 0 Å². The van der Waals surface area contributed by atoms with E-state index in [-0.39, 0.29) is 5.92 Å². The average Bonchev–Trinajstić information content (AvgIpc) is 1.76. The first kappa shape index (κ1) is 82.3. The molecule has 3 aromatic carbocycles. The van der Waals surface area contributed by atoms with Gasteiger partial charge < -0.3 is 77.4 Å². The number of anilines is 6. The summed E-state index contributed by atoms with van der Waals surface area (Å²) in [6, 6.07) is 11.7. The monoisotopic (exact) mass is 1550 g/mol. The molecule has 6 aliphatic heterocycles. The third-order valence-corrected chi connectivity index (χ3v) is 25.4. The summed E-state index contributed by atoms with van der Waals surface area (Å²) >= 11 is 0. The van der Waals surface area contributed by atoms with Crippen LogP contribution in [-0.4, -0.2) is 339 Å². The van der Waals surface area contributed by atoms with Gasteiger partial charge in [0.05, 0.1) is 57.7 Å². The van der Waals surface area contributed by atoms with Gasteiger partial charge >= 0.3 is 0 Å². The van der Waals surface area contributed by atoms with Crippen molar-refractivity contribution >= 4 is 94.3 Å². The zero-order valence-electron chi connectivity index (χ0n) is 67.0. The number of carbonyl (C=O) groups excluding carboxylic acids is 1. The number of hydrogen-bond donors (Lipinski definition) is 0. The average molecular weight is 1550 g/mol. The van der Waals surface area contributed by atoms with E-state index in [9.17, 15) is 21.6 Å². The summed E-state index contributed by atoms with van der Waals surface area (Å²) in [5.74, 6) is 8.87. The Morgan fingerprint density at radius 1 is 0.376 bits per heavy atom. The zero-order chi connectivity index (χ0) is 77.5. The molecular weight excluding hydrogens is 1430 g/mol. The second kappa shape index (κ2) is 38.1. The molecule has 6 aromatic rings. The molecule has 33 heteroatoms. The van der Waals surface area contributed by atoms with Crippen molar-refractivity contribution < 1.29 is 50.1 Å². The first-order valence-corrected chi connectivity index (χ1v) is 41.9. The van der Waals surface area contributed by atoms with Gasteiger partial charge in [0.25, 0.3) is 20.4 Å². The van der Waals surface area contributed by atoms with Crippen molar-refractivity contribution in [2.24, 2.45) is 5.92 Å². The molecule has 1 amide bonds. The lowest BCUT2D eigenvalue weighted by molar-refractivity contribution is -0.135. The molecule has 109 heavy (non-hydrogen) atoms. The minimum absolute atomic E-state index is 0.227.